The molecule has 1 aliphatic rings. The number of thioether (sulfide) groups is 1. The van der Waals surface area contributed by atoms with Crippen LogP contribution in [0.1, 0.15) is 12.5 Å². The minimum absolute atomic E-state index is 0.0578. The average Bonchev–Trinajstić information content (AvgIpc) is 2.94. The normalized spacial score (nSPS) is 15.3. The molecule has 0 radical (unpaired) electrons. The fourth-order valence-corrected chi connectivity index (χ4v) is 3.02. The summed E-state index contributed by atoms with van der Waals surface area (Å²) in [6.45, 7) is 1.50. The zero-order valence-corrected chi connectivity index (χ0v) is 15.8. The summed E-state index contributed by atoms with van der Waals surface area (Å²) in [5.41, 5.74) is 0.494. The lowest BCUT2D eigenvalue weighted by Gasteiger charge is -2.15. The van der Waals surface area contributed by atoms with Crippen molar-refractivity contribution in [1.82, 2.24) is 10.2 Å². The van der Waals surface area contributed by atoms with Crippen LogP contribution in [0.3, 0.4) is 0 Å². The molecule has 0 spiro atoms. The highest BCUT2D eigenvalue weighted by molar-refractivity contribution is 8.14. The van der Waals surface area contributed by atoms with E-state index in [1.807, 2.05) is 0 Å². The molecule has 1 heterocycles. The van der Waals surface area contributed by atoms with Gasteiger partial charge < -0.3 is 10.1 Å². The second-order valence-electron chi connectivity index (χ2n) is 5.48. The molecule has 27 heavy (non-hydrogen) atoms. The summed E-state index contributed by atoms with van der Waals surface area (Å²) in [4.78, 5) is 47.6. The summed E-state index contributed by atoms with van der Waals surface area (Å²) in [5.74, 6) is -2.10. The van der Waals surface area contributed by atoms with Crippen molar-refractivity contribution in [3.05, 3.63) is 40.7 Å². The van der Waals surface area contributed by atoms with Crippen LogP contribution in [0.2, 0.25) is 5.02 Å². The molecule has 1 aliphatic heterocycles. The molecular formula is C17H16ClFN2O5S. The summed E-state index contributed by atoms with van der Waals surface area (Å²) < 4.78 is 18.0. The monoisotopic (exact) mass is 414 g/mol. The highest BCUT2D eigenvalue weighted by Gasteiger charge is 2.29. The predicted molar refractivity (Wildman–Crippen MR) is 98.6 cm³/mol. The first-order valence-corrected chi connectivity index (χ1v) is 9.23. The van der Waals surface area contributed by atoms with E-state index in [0.29, 0.717) is 5.56 Å². The Morgan fingerprint density at radius 2 is 2.19 bits per heavy atom. The van der Waals surface area contributed by atoms with Crippen molar-refractivity contribution in [3.63, 3.8) is 0 Å². The fraction of sp³-hybridized carbons (Fsp3) is 0.294. The minimum Gasteiger partial charge on any atom is -0.449 e. The van der Waals surface area contributed by atoms with Gasteiger partial charge in [-0.25, -0.2) is 9.18 Å². The quantitative estimate of drug-likeness (QED) is 0.543. The van der Waals surface area contributed by atoms with Crippen LogP contribution in [0, 0.1) is 5.82 Å². The summed E-state index contributed by atoms with van der Waals surface area (Å²) in [6.07, 6.45) is 1.39. The second-order valence-corrected chi connectivity index (χ2v) is 6.81. The average molecular weight is 415 g/mol. The van der Waals surface area contributed by atoms with Gasteiger partial charge in [-0.3, -0.25) is 19.3 Å². The maximum Gasteiger partial charge on any atom is 0.331 e. The van der Waals surface area contributed by atoms with Crippen molar-refractivity contribution in [3.8, 4) is 0 Å². The first kappa shape index (κ1) is 20.9. The molecule has 0 bridgehead atoms. The van der Waals surface area contributed by atoms with Crippen LogP contribution in [0.5, 0.6) is 0 Å². The minimum atomic E-state index is -1.07. The van der Waals surface area contributed by atoms with E-state index in [1.165, 1.54) is 25.1 Å². The van der Waals surface area contributed by atoms with Crippen molar-refractivity contribution in [2.45, 2.75) is 13.0 Å². The molecule has 1 fully saturated rings. The Hall–Kier alpha value is -2.39. The number of halogens is 2. The van der Waals surface area contributed by atoms with Gasteiger partial charge in [-0.1, -0.05) is 29.4 Å². The topological polar surface area (TPSA) is 92.8 Å². The van der Waals surface area contributed by atoms with Gasteiger partial charge in [-0.05, 0) is 30.7 Å². The van der Waals surface area contributed by atoms with Gasteiger partial charge in [-0.15, -0.1) is 0 Å². The molecule has 0 aliphatic carbocycles. The number of imide groups is 1. The number of carbonyl (C=O) groups excluding carboxylic acids is 4. The summed E-state index contributed by atoms with van der Waals surface area (Å²) in [5, 5.41) is 2.06. The zero-order chi connectivity index (χ0) is 20.0. The van der Waals surface area contributed by atoms with Crippen LogP contribution in [0.4, 0.5) is 9.18 Å². The van der Waals surface area contributed by atoms with Crippen molar-refractivity contribution in [2.24, 2.45) is 0 Å². The number of hydrogen-bond acceptors (Lipinski definition) is 6. The Balaban J connectivity index is 1.76. The lowest BCUT2D eigenvalue weighted by molar-refractivity contribution is -0.150. The maximum atomic E-state index is 13.1. The first-order chi connectivity index (χ1) is 12.8. The third-order valence-electron chi connectivity index (χ3n) is 3.49. The highest BCUT2D eigenvalue weighted by Crippen LogP contribution is 2.18. The largest absolute Gasteiger partial charge is 0.449 e. The molecule has 1 saturated heterocycles. The number of hydrogen-bond donors (Lipinski definition) is 1. The molecule has 10 heteroatoms. The molecule has 0 aromatic heterocycles. The molecule has 1 aromatic carbocycles. The van der Waals surface area contributed by atoms with Crippen LogP contribution in [0.25, 0.3) is 6.08 Å². The molecule has 144 valence electrons. The Morgan fingerprint density at radius 3 is 2.81 bits per heavy atom. The van der Waals surface area contributed by atoms with Gasteiger partial charge in [0.15, 0.2) is 6.10 Å². The predicted octanol–water partition coefficient (Wildman–Crippen LogP) is 2.24. The molecule has 3 amide bonds. The molecule has 0 saturated carbocycles. The Kier molecular flexibility index (Phi) is 7.37. The first-order valence-electron chi connectivity index (χ1n) is 7.86. The Bertz CT molecular complexity index is 786. The molecule has 2 rings (SSSR count). The third-order valence-corrected chi connectivity index (χ3v) is 4.64. The van der Waals surface area contributed by atoms with E-state index in [0.717, 1.165) is 28.8 Å². The van der Waals surface area contributed by atoms with Crippen LogP contribution in [0.15, 0.2) is 24.3 Å². The van der Waals surface area contributed by atoms with E-state index in [9.17, 15) is 23.6 Å². The summed E-state index contributed by atoms with van der Waals surface area (Å²) in [6, 6.07) is 3.94. The summed E-state index contributed by atoms with van der Waals surface area (Å²) >= 11 is 6.55. The van der Waals surface area contributed by atoms with Crippen molar-refractivity contribution < 1.29 is 28.3 Å². The maximum absolute atomic E-state index is 13.1. The van der Waals surface area contributed by atoms with E-state index >= 15 is 0 Å². The third kappa shape index (κ3) is 6.07. The SMILES string of the molecule is C[C@@H](OC(=O)/C=C/c1ccc(F)c(Cl)c1)C(=O)NCCN1C(=O)CSC1=O. The van der Waals surface area contributed by atoms with Gasteiger partial charge in [0.1, 0.15) is 5.82 Å². The van der Waals surface area contributed by atoms with E-state index < -0.39 is 23.8 Å². The number of nitrogens with one attached hydrogen (secondary N) is 1. The number of amides is 3. The van der Waals surface area contributed by atoms with Crippen LogP contribution < -0.4 is 5.32 Å². The second kappa shape index (κ2) is 9.52. The molecule has 1 aromatic rings. The Morgan fingerprint density at radius 1 is 1.44 bits per heavy atom. The van der Waals surface area contributed by atoms with Gasteiger partial charge in [0.2, 0.25) is 5.91 Å². The van der Waals surface area contributed by atoms with Crippen LogP contribution in [-0.2, 0) is 19.1 Å². The van der Waals surface area contributed by atoms with E-state index in [-0.39, 0.29) is 35.0 Å². The number of benzene rings is 1. The van der Waals surface area contributed by atoms with Gasteiger partial charge in [0.05, 0.1) is 10.8 Å². The zero-order valence-electron chi connectivity index (χ0n) is 14.2. The number of rotatable bonds is 7. The molecule has 1 N–H and O–H groups in total. The van der Waals surface area contributed by atoms with E-state index in [2.05, 4.69) is 5.32 Å². The van der Waals surface area contributed by atoms with Crippen LogP contribution >= 0.6 is 23.4 Å². The number of carbonyl (C=O) groups is 4. The fourth-order valence-electron chi connectivity index (χ4n) is 2.08. The van der Waals surface area contributed by atoms with Gasteiger partial charge in [-0.2, -0.15) is 0 Å². The van der Waals surface area contributed by atoms with E-state index in [4.69, 9.17) is 16.3 Å². The highest BCUT2D eigenvalue weighted by atomic mass is 35.5. The molecule has 7 nitrogen and oxygen atoms in total. The number of esters is 1. The Labute approximate surface area is 163 Å². The number of ether oxygens (including phenoxy) is 1. The van der Waals surface area contributed by atoms with Crippen molar-refractivity contribution >= 4 is 52.5 Å². The molecule has 0 unspecified atom stereocenters. The lowest BCUT2D eigenvalue weighted by atomic mass is 10.2. The number of nitrogens with zero attached hydrogens (tertiary/aromatic N) is 1. The smallest absolute Gasteiger partial charge is 0.331 e. The van der Waals surface area contributed by atoms with Gasteiger partial charge >= 0.3 is 5.97 Å². The standard InChI is InChI=1S/C17H16ClFN2O5S/c1-10(16(24)20-6-7-21-14(22)9-27-17(21)25)26-15(23)5-3-11-2-4-13(19)12(18)8-11/h2-5,8,10H,6-7,9H2,1H3,(H,20,24)/b5-3+/t10-/m1/s1. The summed E-state index contributed by atoms with van der Waals surface area (Å²) in [7, 11) is 0. The van der Waals surface area contributed by atoms with Crippen LogP contribution in [-0.4, -0.2) is 52.9 Å². The van der Waals surface area contributed by atoms with E-state index in [1.54, 1.807) is 0 Å². The molecule has 1 atom stereocenters. The van der Waals surface area contributed by atoms with Gasteiger partial charge in [0.25, 0.3) is 11.1 Å². The van der Waals surface area contributed by atoms with Crippen molar-refractivity contribution in [1.29, 1.82) is 0 Å². The molecular weight excluding hydrogens is 399 g/mol. The lowest BCUT2D eigenvalue weighted by Crippen LogP contribution is -2.41. The van der Waals surface area contributed by atoms with Gasteiger partial charge in [0, 0.05) is 19.2 Å². The van der Waals surface area contributed by atoms with Crippen molar-refractivity contribution in [2.75, 3.05) is 18.8 Å².